The summed E-state index contributed by atoms with van der Waals surface area (Å²) in [6.45, 7) is 10.0. The first-order valence-corrected chi connectivity index (χ1v) is 12.4. The first-order valence-electron chi connectivity index (χ1n) is 12.4. The van der Waals surface area contributed by atoms with E-state index in [2.05, 4.69) is 0 Å². The van der Waals surface area contributed by atoms with Gasteiger partial charge in [0.25, 0.3) is 0 Å². The smallest absolute Gasteiger partial charge is 0.333 e. The molecule has 9 heteroatoms. The van der Waals surface area contributed by atoms with Crippen LogP contribution in [0.1, 0.15) is 72.5 Å². The van der Waals surface area contributed by atoms with E-state index in [0.717, 1.165) is 0 Å². The molecule has 0 amide bonds. The molecule has 3 heterocycles. The summed E-state index contributed by atoms with van der Waals surface area (Å²) in [4.78, 5) is 52.8. The monoisotopic (exact) mass is 500 g/mol. The number of carbonyl (C=O) groups excluding carboxylic acids is 4. The van der Waals surface area contributed by atoms with Crippen molar-refractivity contribution >= 4 is 23.9 Å². The molecule has 1 aromatic rings. The van der Waals surface area contributed by atoms with Crippen LogP contribution in [0.2, 0.25) is 0 Å². The molecule has 36 heavy (non-hydrogen) atoms. The summed E-state index contributed by atoms with van der Waals surface area (Å²) in [5, 5.41) is 0. The highest BCUT2D eigenvalue weighted by Gasteiger charge is 2.90. The summed E-state index contributed by atoms with van der Waals surface area (Å²) < 4.78 is 29.3. The van der Waals surface area contributed by atoms with Gasteiger partial charge in [0, 0.05) is 30.4 Å². The Bertz CT molecular complexity index is 1170. The fourth-order valence-corrected chi connectivity index (χ4v) is 7.55. The minimum absolute atomic E-state index is 0.203. The fraction of sp³-hybridized carbons (Fsp3) is 0.630. The SMILES string of the molecule is CC=C(C)C(=O)O[C@H]1[C@@H](OC(C)=O)[C@]2(C)[C@@]3(CC[C@]2(C)C(=O)O3)[C@@]2(C[C@@H](c3ccoc3)OC2=O)[C@@H]1C. The molecule has 1 spiro atoms. The predicted octanol–water partition coefficient (Wildman–Crippen LogP) is 3.82. The zero-order chi connectivity index (χ0) is 26.3. The van der Waals surface area contributed by atoms with Crippen molar-refractivity contribution in [1.29, 1.82) is 0 Å². The van der Waals surface area contributed by atoms with Crippen molar-refractivity contribution in [2.24, 2.45) is 22.2 Å². The second kappa shape index (κ2) is 7.70. The molecule has 194 valence electrons. The van der Waals surface area contributed by atoms with Crippen molar-refractivity contribution in [1.82, 2.24) is 0 Å². The van der Waals surface area contributed by atoms with Gasteiger partial charge in [0.1, 0.15) is 29.3 Å². The van der Waals surface area contributed by atoms with Crippen LogP contribution in [0.5, 0.6) is 0 Å². The first-order chi connectivity index (χ1) is 16.9. The van der Waals surface area contributed by atoms with E-state index in [1.165, 1.54) is 19.5 Å². The van der Waals surface area contributed by atoms with E-state index in [-0.39, 0.29) is 6.42 Å². The van der Waals surface area contributed by atoms with E-state index in [1.54, 1.807) is 39.8 Å². The van der Waals surface area contributed by atoms with E-state index >= 15 is 0 Å². The molecule has 2 saturated heterocycles. The van der Waals surface area contributed by atoms with Crippen LogP contribution in [0, 0.1) is 22.2 Å². The Morgan fingerprint density at radius 1 is 1.11 bits per heavy atom. The predicted molar refractivity (Wildman–Crippen MR) is 123 cm³/mol. The molecule has 4 aliphatic rings. The Hall–Kier alpha value is -3.10. The highest BCUT2D eigenvalue weighted by Crippen LogP contribution is 2.79. The summed E-state index contributed by atoms with van der Waals surface area (Å²) in [6.07, 6.45) is 3.04. The topological polar surface area (TPSA) is 118 Å². The average molecular weight is 501 g/mol. The van der Waals surface area contributed by atoms with Gasteiger partial charge in [0.05, 0.1) is 23.4 Å². The summed E-state index contributed by atoms with van der Waals surface area (Å²) in [5.74, 6) is -2.81. The highest BCUT2D eigenvalue weighted by atomic mass is 16.6. The number of carbonyl (C=O) groups is 4. The number of cyclic esters (lactones) is 1. The van der Waals surface area contributed by atoms with Crippen LogP contribution < -0.4 is 0 Å². The summed E-state index contributed by atoms with van der Waals surface area (Å²) in [5.41, 5.74) is -3.79. The van der Waals surface area contributed by atoms with Gasteiger partial charge in [-0.15, -0.1) is 0 Å². The average Bonchev–Trinajstić information content (AvgIpc) is 3.56. The summed E-state index contributed by atoms with van der Waals surface area (Å²) in [6, 6.07) is 1.73. The minimum Gasteiger partial charge on any atom is -0.472 e. The number of hydrogen-bond acceptors (Lipinski definition) is 9. The molecule has 1 aromatic heterocycles. The molecular formula is C27H32O9. The van der Waals surface area contributed by atoms with Crippen molar-refractivity contribution in [3.8, 4) is 0 Å². The van der Waals surface area contributed by atoms with Crippen LogP contribution in [-0.4, -0.2) is 41.7 Å². The number of furan rings is 1. The van der Waals surface area contributed by atoms with Gasteiger partial charge in [-0.05, 0) is 39.7 Å². The molecule has 8 atom stereocenters. The third kappa shape index (κ3) is 2.66. The second-order valence-electron chi connectivity index (χ2n) is 11.0. The molecule has 0 N–H and O–H groups in total. The molecule has 2 saturated carbocycles. The molecule has 2 aliphatic carbocycles. The Labute approximate surface area is 209 Å². The number of ether oxygens (including phenoxy) is 4. The zero-order valence-corrected chi connectivity index (χ0v) is 21.4. The highest BCUT2D eigenvalue weighted by molar-refractivity contribution is 5.90. The zero-order valence-electron chi connectivity index (χ0n) is 21.4. The number of allylic oxidation sites excluding steroid dienone is 1. The van der Waals surface area contributed by atoms with Crippen molar-refractivity contribution in [2.75, 3.05) is 0 Å². The normalized spacial score (nSPS) is 43.2. The van der Waals surface area contributed by atoms with Gasteiger partial charge in [-0.25, -0.2) is 4.79 Å². The van der Waals surface area contributed by atoms with Crippen LogP contribution in [0.3, 0.4) is 0 Å². The number of hydrogen-bond donors (Lipinski definition) is 0. The van der Waals surface area contributed by atoms with Crippen LogP contribution in [0.4, 0.5) is 0 Å². The lowest BCUT2D eigenvalue weighted by Gasteiger charge is -2.60. The molecule has 4 fully saturated rings. The van der Waals surface area contributed by atoms with Gasteiger partial charge < -0.3 is 23.4 Å². The lowest BCUT2D eigenvalue weighted by atomic mass is 9.44. The Balaban J connectivity index is 1.73. The van der Waals surface area contributed by atoms with E-state index in [9.17, 15) is 19.2 Å². The number of esters is 4. The standard InChI is InChI=1S/C27H32O9/c1-7-14(2)21(29)35-19-15(3)26(12-18(34-23(26)31)17-8-11-32-13-17)27-10-9-24(5,22(30)36-27)25(27,6)20(19)33-16(4)28/h7-8,11,13,15,18-20H,9-10,12H2,1-6H3/t15-,18+,19-,20-,24-,25+,26+,27+/m1/s1. The van der Waals surface area contributed by atoms with Crippen LogP contribution in [0.25, 0.3) is 0 Å². The van der Waals surface area contributed by atoms with Gasteiger partial charge >= 0.3 is 23.9 Å². The molecule has 5 rings (SSSR count). The number of rotatable bonds is 4. The molecule has 2 bridgehead atoms. The summed E-state index contributed by atoms with van der Waals surface area (Å²) in [7, 11) is 0. The van der Waals surface area contributed by atoms with Crippen LogP contribution in [0.15, 0.2) is 34.7 Å². The van der Waals surface area contributed by atoms with Gasteiger partial charge in [-0.1, -0.05) is 19.9 Å². The lowest BCUT2D eigenvalue weighted by molar-refractivity contribution is -0.266. The van der Waals surface area contributed by atoms with Crippen molar-refractivity contribution in [3.05, 3.63) is 35.8 Å². The molecular weight excluding hydrogens is 468 g/mol. The van der Waals surface area contributed by atoms with Crippen LogP contribution in [-0.2, 0) is 38.1 Å². The van der Waals surface area contributed by atoms with Crippen molar-refractivity contribution in [3.63, 3.8) is 0 Å². The van der Waals surface area contributed by atoms with E-state index in [0.29, 0.717) is 24.0 Å². The molecule has 9 nitrogen and oxygen atoms in total. The maximum Gasteiger partial charge on any atom is 0.333 e. The Morgan fingerprint density at radius 2 is 1.83 bits per heavy atom. The minimum atomic E-state index is -1.33. The maximum atomic E-state index is 14.0. The van der Waals surface area contributed by atoms with E-state index < -0.39 is 70.0 Å². The lowest BCUT2D eigenvalue weighted by Crippen LogP contribution is -2.73. The van der Waals surface area contributed by atoms with Crippen LogP contribution >= 0.6 is 0 Å². The molecule has 2 aliphatic heterocycles. The van der Waals surface area contributed by atoms with Crippen molar-refractivity contribution in [2.45, 2.75) is 84.7 Å². The van der Waals surface area contributed by atoms with Gasteiger partial charge in [0.2, 0.25) is 0 Å². The molecule has 0 unspecified atom stereocenters. The third-order valence-electron chi connectivity index (χ3n) is 9.86. The second-order valence-corrected chi connectivity index (χ2v) is 11.0. The van der Waals surface area contributed by atoms with Crippen molar-refractivity contribution < 1.29 is 42.5 Å². The van der Waals surface area contributed by atoms with E-state index in [4.69, 9.17) is 23.4 Å². The molecule has 0 aromatic carbocycles. The Kier molecular flexibility index (Phi) is 5.26. The van der Waals surface area contributed by atoms with Gasteiger partial charge in [-0.2, -0.15) is 0 Å². The van der Waals surface area contributed by atoms with Gasteiger partial charge in [-0.3, -0.25) is 14.4 Å². The fourth-order valence-electron chi connectivity index (χ4n) is 7.55. The molecule has 0 radical (unpaired) electrons. The maximum absolute atomic E-state index is 14.0. The largest absolute Gasteiger partial charge is 0.472 e. The quantitative estimate of drug-likeness (QED) is 0.345. The van der Waals surface area contributed by atoms with Gasteiger partial charge in [0.15, 0.2) is 0 Å². The van der Waals surface area contributed by atoms with E-state index in [1.807, 2.05) is 6.92 Å². The summed E-state index contributed by atoms with van der Waals surface area (Å²) >= 11 is 0. The first kappa shape index (κ1) is 24.6. The Morgan fingerprint density at radius 3 is 2.42 bits per heavy atom. The third-order valence-corrected chi connectivity index (χ3v) is 9.86.